The highest BCUT2D eigenvalue weighted by Crippen LogP contribution is 2.15. The fourth-order valence-corrected chi connectivity index (χ4v) is 1.74. The zero-order chi connectivity index (χ0) is 16.0. The third-order valence-electron chi connectivity index (χ3n) is 2.49. The van der Waals surface area contributed by atoms with E-state index in [9.17, 15) is 9.59 Å². The number of hydrogen-bond acceptors (Lipinski definition) is 3. The minimum absolute atomic E-state index is 0.0100. The summed E-state index contributed by atoms with van der Waals surface area (Å²) in [7, 11) is 0. The molecule has 0 heterocycles. The fraction of sp³-hybridized carbons (Fsp3) is 0.500. The Bertz CT molecular complexity index is 478. The van der Waals surface area contributed by atoms with Gasteiger partial charge >= 0.3 is 6.09 Å². The number of rotatable bonds is 4. The Morgan fingerprint density at radius 1 is 1.05 bits per heavy atom. The summed E-state index contributed by atoms with van der Waals surface area (Å²) >= 11 is 0. The molecule has 0 bridgehead atoms. The van der Waals surface area contributed by atoms with E-state index in [1.54, 1.807) is 32.9 Å². The third kappa shape index (κ3) is 6.29. The quantitative estimate of drug-likeness (QED) is 0.896. The molecular weight excluding hydrogens is 268 g/mol. The molecule has 0 spiro atoms. The van der Waals surface area contributed by atoms with Crippen LogP contribution >= 0.6 is 0 Å². The molecule has 0 fully saturated rings. The van der Waals surface area contributed by atoms with Gasteiger partial charge in [-0.3, -0.25) is 4.79 Å². The molecule has 0 aliphatic heterocycles. The molecule has 21 heavy (non-hydrogen) atoms. The van der Waals surface area contributed by atoms with Crippen molar-refractivity contribution < 1.29 is 14.3 Å². The third-order valence-corrected chi connectivity index (χ3v) is 2.49. The lowest BCUT2D eigenvalue weighted by atomic mass is 10.1. The molecule has 0 aromatic heterocycles. The maximum absolute atomic E-state index is 12.3. The average Bonchev–Trinajstić information content (AvgIpc) is 2.34. The molecule has 0 aliphatic carbocycles. The number of ether oxygens (including phenoxy) is 1. The van der Waals surface area contributed by atoms with E-state index in [1.165, 1.54) is 0 Å². The van der Waals surface area contributed by atoms with Crippen molar-refractivity contribution in [3.05, 3.63) is 35.9 Å². The maximum Gasteiger partial charge on any atom is 0.408 e. The van der Waals surface area contributed by atoms with Crippen LogP contribution in [0.25, 0.3) is 0 Å². The first-order valence-electron chi connectivity index (χ1n) is 7.04. The zero-order valence-electron chi connectivity index (χ0n) is 13.3. The lowest BCUT2D eigenvalue weighted by Gasteiger charge is -2.24. The van der Waals surface area contributed by atoms with Gasteiger partial charge in [-0.25, -0.2) is 4.79 Å². The van der Waals surface area contributed by atoms with Gasteiger partial charge in [0.25, 0.3) is 0 Å². The van der Waals surface area contributed by atoms with Gasteiger partial charge in [0.2, 0.25) is 5.91 Å². The van der Waals surface area contributed by atoms with Gasteiger partial charge in [0.1, 0.15) is 11.6 Å². The van der Waals surface area contributed by atoms with Gasteiger partial charge < -0.3 is 15.4 Å². The summed E-state index contributed by atoms with van der Waals surface area (Å²) in [6.07, 6.45) is -0.616. The van der Waals surface area contributed by atoms with Gasteiger partial charge in [-0.05, 0) is 40.2 Å². The second kappa shape index (κ2) is 7.11. The summed E-state index contributed by atoms with van der Waals surface area (Å²) in [5.74, 6) is -0.262. The zero-order valence-corrected chi connectivity index (χ0v) is 13.3. The average molecular weight is 292 g/mol. The summed E-state index contributed by atoms with van der Waals surface area (Å²) in [4.78, 5) is 24.2. The van der Waals surface area contributed by atoms with Gasteiger partial charge in [-0.15, -0.1) is 0 Å². The Hall–Kier alpha value is -2.04. The number of alkyl carbamates (subject to hydrolysis) is 1. The molecule has 1 aromatic rings. The van der Waals surface area contributed by atoms with Crippen molar-refractivity contribution in [2.24, 2.45) is 0 Å². The number of nitrogens with one attached hydrogen (secondary N) is 2. The second-order valence-corrected chi connectivity index (χ2v) is 6.15. The first-order chi connectivity index (χ1) is 9.69. The number of carbonyl (C=O) groups excluding carboxylic acids is 2. The highest BCUT2D eigenvalue weighted by molar-refractivity contribution is 5.87. The van der Waals surface area contributed by atoms with Crippen molar-refractivity contribution in [1.82, 2.24) is 10.6 Å². The van der Waals surface area contributed by atoms with Gasteiger partial charge in [0.15, 0.2) is 0 Å². The van der Waals surface area contributed by atoms with E-state index < -0.39 is 17.7 Å². The minimum atomic E-state index is -0.775. The van der Waals surface area contributed by atoms with E-state index in [2.05, 4.69) is 10.6 Å². The monoisotopic (exact) mass is 292 g/mol. The molecule has 1 atom stereocenters. The molecule has 1 aromatic carbocycles. The van der Waals surface area contributed by atoms with Crippen LogP contribution in [-0.4, -0.2) is 23.6 Å². The molecule has 2 N–H and O–H groups in total. The van der Waals surface area contributed by atoms with Crippen LogP contribution in [0.5, 0.6) is 0 Å². The number of hydrogen-bond donors (Lipinski definition) is 2. The van der Waals surface area contributed by atoms with Crippen LogP contribution in [0.1, 0.15) is 46.2 Å². The molecule has 0 radical (unpaired) electrons. The summed E-state index contributed by atoms with van der Waals surface area (Å²) in [5.41, 5.74) is 0.0985. The minimum Gasteiger partial charge on any atom is -0.444 e. The van der Waals surface area contributed by atoms with E-state index >= 15 is 0 Å². The van der Waals surface area contributed by atoms with Crippen LogP contribution in [0.2, 0.25) is 0 Å². The van der Waals surface area contributed by atoms with Crippen molar-refractivity contribution in [1.29, 1.82) is 0 Å². The van der Waals surface area contributed by atoms with Crippen molar-refractivity contribution >= 4 is 12.0 Å². The van der Waals surface area contributed by atoms with Crippen molar-refractivity contribution in [3.63, 3.8) is 0 Å². The largest absolute Gasteiger partial charge is 0.444 e. The summed E-state index contributed by atoms with van der Waals surface area (Å²) in [6.45, 7) is 9.07. The summed E-state index contributed by atoms with van der Waals surface area (Å²) in [6, 6.07) is 8.30. The Kier molecular flexibility index (Phi) is 5.76. The van der Waals surface area contributed by atoms with Crippen molar-refractivity contribution in [2.75, 3.05) is 0 Å². The number of benzene rings is 1. The van der Waals surface area contributed by atoms with E-state index in [4.69, 9.17) is 4.74 Å². The lowest BCUT2D eigenvalue weighted by Crippen LogP contribution is -2.44. The van der Waals surface area contributed by atoms with Crippen LogP contribution in [-0.2, 0) is 9.53 Å². The Morgan fingerprint density at radius 3 is 2.10 bits per heavy atom. The topological polar surface area (TPSA) is 67.4 Å². The van der Waals surface area contributed by atoms with E-state index in [1.807, 2.05) is 32.0 Å². The molecule has 5 heteroatoms. The van der Waals surface area contributed by atoms with Gasteiger partial charge in [0.05, 0.1) is 0 Å². The predicted octanol–water partition coefficient (Wildman–Crippen LogP) is 2.78. The van der Waals surface area contributed by atoms with E-state index in [-0.39, 0.29) is 11.9 Å². The molecule has 0 aliphatic rings. The lowest BCUT2D eigenvalue weighted by molar-refractivity contribution is -0.123. The first kappa shape index (κ1) is 17.0. The molecule has 2 amide bonds. The predicted molar refractivity (Wildman–Crippen MR) is 81.8 cm³/mol. The molecular formula is C16H24N2O3. The standard InChI is InChI=1S/C16H24N2O3/c1-11(2)17-14(19)13(12-9-7-6-8-10-12)18-15(20)21-16(3,4)5/h6-11,13H,1-5H3,(H,17,19)(H,18,20). The fourth-order valence-electron chi connectivity index (χ4n) is 1.74. The van der Waals surface area contributed by atoms with Crippen LogP contribution in [0, 0.1) is 0 Å². The van der Waals surface area contributed by atoms with Gasteiger partial charge in [-0.1, -0.05) is 30.3 Å². The molecule has 5 nitrogen and oxygen atoms in total. The molecule has 0 saturated heterocycles. The first-order valence-corrected chi connectivity index (χ1v) is 7.04. The maximum atomic E-state index is 12.3. The summed E-state index contributed by atoms with van der Waals surface area (Å²) < 4.78 is 5.21. The number of carbonyl (C=O) groups is 2. The van der Waals surface area contributed by atoms with Crippen LogP contribution in [0.3, 0.4) is 0 Å². The molecule has 1 unspecified atom stereocenters. The van der Waals surface area contributed by atoms with E-state index in [0.717, 1.165) is 0 Å². The molecule has 1 rings (SSSR count). The molecule has 116 valence electrons. The Labute approximate surface area is 126 Å². The van der Waals surface area contributed by atoms with Crippen LogP contribution in [0.15, 0.2) is 30.3 Å². The van der Waals surface area contributed by atoms with Crippen molar-refractivity contribution in [3.8, 4) is 0 Å². The Morgan fingerprint density at radius 2 is 1.62 bits per heavy atom. The second-order valence-electron chi connectivity index (χ2n) is 6.15. The van der Waals surface area contributed by atoms with Crippen LogP contribution < -0.4 is 10.6 Å². The number of amides is 2. The SMILES string of the molecule is CC(C)NC(=O)C(NC(=O)OC(C)(C)C)c1ccccc1. The van der Waals surface area contributed by atoms with E-state index in [0.29, 0.717) is 5.56 Å². The van der Waals surface area contributed by atoms with Crippen molar-refractivity contribution in [2.45, 2.75) is 52.3 Å². The van der Waals surface area contributed by atoms with Gasteiger partial charge in [0, 0.05) is 6.04 Å². The molecule has 0 saturated carbocycles. The highest BCUT2D eigenvalue weighted by Gasteiger charge is 2.25. The Balaban J connectivity index is 2.88. The summed E-state index contributed by atoms with van der Waals surface area (Å²) in [5, 5.41) is 5.42. The highest BCUT2D eigenvalue weighted by atomic mass is 16.6. The normalized spacial score (nSPS) is 12.7. The van der Waals surface area contributed by atoms with Gasteiger partial charge in [-0.2, -0.15) is 0 Å². The smallest absolute Gasteiger partial charge is 0.408 e. The van der Waals surface area contributed by atoms with Crippen LogP contribution in [0.4, 0.5) is 4.79 Å².